The average molecular weight is 384 g/mol. The summed E-state index contributed by atoms with van der Waals surface area (Å²) in [6, 6.07) is 0. The third-order valence-electron chi connectivity index (χ3n) is 0. The first-order chi connectivity index (χ1) is 6.00. The van der Waals surface area contributed by atoms with Crippen LogP contribution in [0.4, 0.5) is 0 Å². The van der Waals surface area contributed by atoms with Gasteiger partial charge < -0.3 is 0 Å². The second kappa shape index (κ2) is 12.0. The Morgan fingerprint density at radius 1 is 0.471 bits per heavy atom. The van der Waals surface area contributed by atoms with Crippen molar-refractivity contribution in [3.8, 4) is 0 Å². The molecule has 17 heavy (non-hydrogen) atoms. The Kier molecular flexibility index (Phi) is 21.6. The predicted octanol–water partition coefficient (Wildman–Crippen LogP) is -2.88. The van der Waals surface area contributed by atoms with E-state index in [0.717, 1.165) is 0 Å². The van der Waals surface area contributed by atoms with Crippen molar-refractivity contribution in [3.63, 3.8) is 0 Å². The van der Waals surface area contributed by atoms with E-state index in [1.807, 2.05) is 0 Å². The van der Waals surface area contributed by atoms with Crippen molar-refractivity contribution in [1.29, 1.82) is 0 Å². The number of hydrogen-bond acceptors (Lipinski definition) is 6. The van der Waals surface area contributed by atoms with E-state index in [4.69, 9.17) is 52.6 Å². The average Bonchev–Trinajstić information content (AvgIpc) is 1.41. The largest absolute Gasteiger partial charge is 0.394 e. The maximum atomic E-state index is 8.74. The molecule has 0 aliphatic heterocycles. The molecule has 111 valence electrons. The van der Waals surface area contributed by atoms with Crippen LogP contribution in [0.3, 0.4) is 0 Å². The van der Waals surface area contributed by atoms with Crippen LogP contribution in [0.25, 0.3) is 0 Å². The van der Waals surface area contributed by atoms with Gasteiger partial charge in [0.15, 0.2) is 0 Å². The summed E-state index contributed by atoms with van der Waals surface area (Å²) in [4.78, 5) is 0. The monoisotopic (exact) mass is 383 g/mol. The molecular formula is H8CuMgO12S3. The molecule has 17 heteroatoms. The molecule has 0 fully saturated rings. The van der Waals surface area contributed by atoms with Crippen LogP contribution in [0.1, 0.15) is 0 Å². The zero-order valence-electron chi connectivity index (χ0n) is 6.66. The minimum Gasteiger partial charge on any atom is -0.264 e. The molecule has 0 bridgehead atoms. The molecule has 0 rings (SSSR count). The van der Waals surface area contributed by atoms with Gasteiger partial charge in [-0.2, -0.15) is 25.3 Å². The number of hydrogen-bond donors (Lipinski definition) is 6. The second-order valence-electron chi connectivity index (χ2n) is 1.34. The standard InChI is InChI=1S/Cu.Mg.3H2O4S.2H/c;;3*1-5(2,3)4;;/h;;3*(H2,1,2,3,4);;. The first kappa shape index (κ1) is 30.7. The molecule has 0 atom stereocenters. The smallest absolute Gasteiger partial charge is 0.264 e. The van der Waals surface area contributed by atoms with E-state index in [0.29, 0.717) is 0 Å². The van der Waals surface area contributed by atoms with Crippen LogP contribution in [0.2, 0.25) is 0 Å². The fourth-order valence-electron chi connectivity index (χ4n) is 0. The molecule has 0 saturated carbocycles. The molecule has 0 spiro atoms. The van der Waals surface area contributed by atoms with E-state index in [-0.39, 0.29) is 40.1 Å². The molecule has 0 aromatic rings. The molecule has 0 aromatic heterocycles. The molecule has 1 radical (unpaired) electrons. The number of rotatable bonds is 0. The van der Waals surface area contributed by atoms with Gasteiger partial charge in [0.2, 0.25) is 0 Å². The van der Waals surface area contributed by atoms with Crippen LogP contribution in [-0.2, 0) is 48.3 Å². The SMILES string of the molecule is O=S(=O)(O)O.O=S(=O)(O)O.O=S(=O)(O)O.[Cu].[MgH2]. The molecule has 0 saturated heterocycles. The van der Waals surface area contributed by atoms with Crippen molar-refractivity contribution in [1.82, 2.24) is 0 Å². The van der Waals surface area contributed by atoms with E-state index in [1.165, 1.54) is 0 Å². The first-order valence-electron chi connectivity index (χ1n) is 2.10. The van der Waals surface area contributed by atoms with Crippen molar-refractivity contribution in [2.45, 2.75) is 0 Å². The Hall–Kier alpha value is 0.896. The molecule has 12 nitrogen and oxygen atoms in total. The van der Waals surface area contributed by atoms with E-state index in [9.17, 15) is 0 Å². The third-order valence-corrected chi connectivity index (χ3v) is 0. The van der Waals surface area contributed by atoms with Crippen molar-refractivity contribution < 1.29 is 69.6 Å². The third kappa shape index (κ3) is 4670. The summed E-state index contributed by atoms with van der Waals surface area (Å²) in [7, 11) is -14.0. The summed E-state index contributed by atoms with van der Waals surface area (Å²) in [6.45, 7) is 0. The van der Waals surface area contributed by atoms with E-state index in [1.54, 1.807) is 0 Å². The summed E-state index contributed by atoms with van der Waals surface area (Å²) in [6.07, 6.45) is 0. The zero-order valence-corrected chi connectivity index (χ0v) is 10.1. The van der Waals surface area contributed by atoms with Gasteiger partial charge in [-0.3, -0.25) is 27.3 Å². The van der Waals surface area contributed by atoms with Crippen LogP contribution in [-0.4, -0.2) is 75.6 Å². The summed E-state index contributed by atoms with van der Waals surface area (Å²) in [5.41, 5.74) is 0. The Balaban J connectivity index is -0.0000000400. The fourth-order valence-corrected chi connectivity index (χ4v) is 0. The van der Waals surface area contributed by atoms with E-state index >= 15 is 0 Å². The van der Waals surface area contributed by atoms with Crippen molar-refractivity contribution in [2.24, 2.45) is 0 Å². The van der Waals surface area contributed by atoms with Gasteiger partial charge in [0.25, 0.3) is 0 Å². The predicted molar refractivity (Wildman–Crippen MR) is 51.1 cm³/mol. The Bertz CT molecular complexity index is 343. The Labute approximate surface area is 123 Å². The van der Waals surface area contributed by atoms with Crippen molar-refractivity contribution >= 4 is 54.2 Å². The summed E-state index contributed by atoms with van der Waals surface area (Å²) >= 11 is 0. The molecule has 0 amide bonds. The maximum Gasteiger partial charge on any atom is 0.394 e. The Morgan fingerprint density at radius 3 is 0.471 bits per heavy atom. The molecule has 0 aromatic carbocycles. The van der Waals surface area contributed by atoms with Crippen molar-refractivity contribution in [2.75, 3.05) is 0 Å². The van der Waals surface area contributed by atoms with E-state index in [2.05, 4.69) is 0 Å². The van der Waals surface area contributed by atoms with Gasteiger partial charge >= 0.3 is 54.2 Å². The Morgan fingerprint density at radius 2 is 0.471 bits per heavy atom. The molecule has 0 unspecified atom stereocenters. The topological polar surface area (TPSA) is 224 Å². The first-order valence-corrected chi connectivity index (χ1v) is 6.29. The van der Waals surface area contributed by atoms with Gasteiger partial charge in [-0.15, -0.1) is 0 Å². The van der Waals surface area contributed by atoms with E-state index < -0.39 is 31.2 Å². The van der Waals surface area contributed by atoms with Crippen LogP contribution >= 0.6 is 0 Å². The quantitative estimate of drug-likeness (QED) is 0.183. The van der Waals surface area contributed by atoms with Crippen LogP contribution in [0.15, 0.2) is 0 Å². The maximum absolute atomic E-state index is 8.74. The summed E-state index contributed by atoms with van der Waals surface area (Å²) in [5, 5.41) is 0. The zero-order chi connectivity index (χ0) is 13.5. The minimum absolute atomic E-state index is 0. The van der Waals surface area contributed by atoms with Gasteiger partial charge in [-0.1, -0.05) is 0 Å². The van der Waals surface area contributed by atoms with Crippen molar-refractivity contribution in [3.05, 3.63) is 0 Å². The molecule has 6 N–H and O–H groups in total. The molecular weight excluding hydrogens is 376 g/mol. The van der Waals surface area contributed by atoms with Gasteiger partial charge in [0.1, 0.15) is 0 Å². The van der Waals surface area contributed by atoms with Crippen LogP contribution in [0, 0.1) is 0 Å². The minimum atomic E-state index is -4.67. The normalized spacial score (nSPS) is 10.2. The van der Waals surface area contributed by atoms with Crippen LogP contribution < -0.4 is 0 Å². The second-order valence-corrected chi connectivity index (χ2v) is 4.03. The molecule has 0 aliphatic rings. The van der Waals surface area contributed by atoms with Gasteiger partial charge in [-0.05, 0) is 0 Å². The van der Waals surface area contributed by atoms with Crippen LogP contribution in [0.5, 0.6) is 0 Å². The molecule has 0 heterocycles. The van der Waals surface area contributed by atoms with Gasteiger partial charge in [-0.25, -0.2) is 0 Å². The van der Waals surface area contributed by atoms with Gasteiger partial charge in [0, 0.05) is 17.1 Å². The molecule has 0 aliphatic carbocycles. The fraction of sp³-hybridized carbons (Fsp3) is 0. The summed E-state index contributed by atoms with van der Waals surface area (Å²) in [5.74, 6) is 0. The summed E-state index contributed by atoms with van der Waals surface area (Å²) < 4.78 is 94.8. The van der Waals surface area contributed by atoms with Gasteiger partial charge in [0.05, 0.1) is 0 Å².